The maximum absolute atomic E-state index is 12.3. The fraction of sp³-hybridized carbons (Fsp3) is 0.759. The summed E-state index contributed by atoms with van der Waals surface area (Å²) in [6.45, 7) is 9.86. The maximum Gasteiger partial charge on any atom is 0.330 e. The predicted octanol–water partition coefficient (Wildman–Crippen LogP) is 5.40. The Balaban J connectivity index is 1.62. The van der Waals surface area contributed by atoms with E-state index in [1.54, 1.807) is 0 Å². The van der Waals surface area contributed by atoms with Gasteiger partial charge in [-0.05, 0) is 80.0 Å². The standard InChI is InChI=1S/C29H42O6/c1-17(7-12-27(32)33-6)23-10-11-24-22-9-8-20-15-21(34-18(2)30)13-14-28(20,4)25(22)16-26(29(23,24)5)35-19(3)31/h7,10,12,17,20-22,24-26H,8-9,11,13-16H2,1-6H3/b12-7+/t17-,20-,21-,22+,24+,25+,26+,28+,29-/m0/s1. The molecule has 9 atom stereocenters. The van der Waals surface area contributed by atoms with Gasteiger partial charge in [-0.1, -0.05) is 38.5 Å². The Morgan fingerprint density at radius 2 is 1.74 bits per heavy atom. The highest BCUT2D eigenvalue weighted by Gasteiger charge is 2.63. The summed E-state index contributed by atoms with van der Waals surface area (Å²) in [5.74, 6) is 1.29. The quantitative estimate of drug-likeness (QED) is 0.224. The van der Waals surface area contributed by atoms with Crippen molar-refractivity contribution in [2.24, 2.45) is 40.4 Å². The highest BCUT2D eigenvalue weighted by Crippen LogP contribution is 2.67. The van der Waals surface area contributed by atoms with Gasteiger partial charge in [0.05, 0.1) is 7.11 Å². The summed E-state index contributed by atoms with van der Waals surface area (Å²) in [6, 6.07) is 0. The molecule has 3 saturated carbocycles. The molecule has 4 aliphatic carbocycles. The lowest BCUT2D eigenvalue weighted by atomic mass is 9.43. The van der Waals surface area contributed by atoms with Crippen LogP contribution >= 0.6 is 0 Å². The first kappa shape index (κ1) is 26.0. The lowest BCUT2D eigenvalue weighted by molar-refractivity contribution is -0.185. The molecule has 0 heterocycles. The third-order valence-electron chi connectivity index (χ3n) is 10.2. The first-order valence-electron chi connectivity index (χ1n) is 13.3. The predicted molar refractivity (Wildman–Crippen MR) is 132 cm³/mol. The van der Waals surface area contributed by atoms with Crippen molar-refractivity contribution >= 4 is 17.9 Å². The number of hydrogen-bond donors (Lipinski definition) is 0. The number of fused-ring (bicyclic) bond motifs is 5. The summed E-state index contributed by atoms with van der Waals surface area (Å²) in [4.78, 5) is 35.6. The Labute approximate surface area is 209 Å². The van der Waals surface area contributed by atoms with Gasteiger partial charge in [0.25, 0.3) is 0 Å². The Bertz CT molecular complexity index is 920. The average molecular weight is 487 g/mol. The normalized spacial score (nSPS) is 41.1. The largest absolute Gasteiger partial charge is 0.466 e. The number of rotatable bonds is 5. The monoisotopic (exact) mass is 486 g/mol. The van der Waals surface area contributed by atoms with E-state index in [1.807, 2.05) is 6.08 Å². The third kappa shape index (κ3) is 4.58. The zero-order valence-corrected chi connectivity index (χ0v) is 22.2. The summed E-state index contributed by atoms with van der Waals surface area (Å²) >= 11 is 0. The Kier molecular flexibility index (Phi) is 7.23. The number of allylic oxidation sites excluding steroid dienone is 2. The first-order valence-corrected chi connectivity index (χ1v) is 13.3. The summed E-state index contributed by atoms with van der Waals surface area (Å²) in [6.07, 6.45) is 12.7. The highest BCUT2D eigenvalue weighted by atomic mass is 16.5. The van der Waals surface area contributed by atoms with Crippen LogP contribution in [0.2, 0.25) is 0 Å². The molecule has 6 heteroatoms. The molecule has 0 saturated heterocycles. The van der Waals surface area contributed by atoms with E-state index in [9.17, 15) is 14.4 Å². The number of ether oxygens (including phenoxy) is 3. The van der Waals surface area contributed by atoms with Crippen molar-refractivity contribution in [1.82, 2.24) is 0 Å². The summed E-state index contributed by atoms with van der Waals surface area (Å²) in [5, 5.41) is 0. The molecular formula is C29H42O6. The van der Waals surface area contributed by atoms with E-state index >= 15 is 0 Å². The lowest BCUT2D eigenvalue weighted by Gasteiger charge is -2.62. The van der Waals surface area contributed by atoms with Gasteiger partial charge in [-0.15, -0.1) is 0 Å². The molecule has 0 aromatic carbocycles. The second-order valence-corrected chi connectivity index (χ2v) is 11.8. The van der Waals surface area contributed by atoms with Gasteiger partial charge in [-0.25, -0.2) is 4.79 Å². The van der Waals surface area contributed by atoms with E-state index in [-0.39, 0.29) is 46.9 Å². The molecule has 0 amide bonds. The van der Waals surface area contributed by atoms with Crippen LogP contribution in [-0.4, -0.2) is 37.2 Å². The molecule has 0 aliphatic heterocycles. The number of esters is 3. The van der Waals surface area contributed by atoms with Gasteiger partial charge in [0.15, 0.2) is 0 Å². The smallest absolute Gasteiger partial charge is 0.330 e. The fourth-order valence-corrected chi connectivity index (χ4v) is 8.56. The van der Waals surface area contributed by atoms with Crippen LogP contribution in [0, 0.1) is 40.4 Å². The van der Waals surface area contributed by atoms with Crippen molar-refractivity contribution in [3.05, 3.63) is 23.8 Å². The SMILES string of the molecule is COC(=O)/C=C/[C@H](C)C1=CC[C@@H]2[C@H]3CC[C@H]4C[C@@H](OC(C)=O)CC[C@@]4(C)[C@@H]3C[C@@H](OC(C)=O)[C@@]12C. The minimum absolute atomic E-state index is 0.0300. The van der Waals surface area contributed by atoms with Crippen LogP contribution in [0.25, 0.3) is 0 Å². The second-order valence-electron chi connectivity index (χ2n) is 11.8. The van der Waals surface area contributed by atoms with Crippen LogP contribution in [0.15, 0.2) is 23.8 Å². The molecule has 0 aromatic heterocycles. The van der Waals surface area contributed by atoms with Crippen molar-refractivity contribution in [2.45, 2.75) is 91.8 Å². The Morgan fingerprint density at radius 3 is 2.40 bits per heavy atom. The number of hydrogen-bond acceptors (Lipinski definition) is 6. The zero-order chi connectivity index (χ0) is 25.5. The Morgan fingerprint density at radius 1 is 1.03 bits per heavy atom. The van der Waals surface area contributed by atoms with Gasteiger partial charge in [0.2, 0.25) is 0 Å². The fourth-order valence-electron chi connectivity index (χ4n) is 8.56. The molecule has 35 heavy (non-hydrogen) atoms. The third-order valence-corrected chi connectivity index (χ3v) is 10.2. The van der Waals surface area contributed by atoms with Crippen LogP contribution < -0.4 is 0 Å². The lowest BCUT2D eigenvalue weighted by Crippen LogP contribution is -2.59. The van der Waals surface area contributed by atoms with Crippen molar-refractivity contribution in [3.8, 4) is 0 Å². The zero-order valence-electron chi connectivity index (χ0n) is 22.2. The van der Waals surface area contributed by atoms with Crippen molar-refractivity contribution in [2.75, 3.05) is 7.11 Å². The van der Waals surface area contributed by atoms with Gasteiger partial charge in [-0.3, -0.25) is 9.59 Å². The van der Waals surface area contributed by atoms with Crippen molar-refractivity contribution < 1.29 is 28.6 Å². The molecule has 0 aromatic rings. The molecule has 0 bridgehead atoms. The topological polar surface area (TPSA) is 78.9 Å². The molecule has 0 radical (unpaired) electrons. The van der Waals surface area contributed by atoms with Crippen LogP contribution in [0.4, 0.5) is 0 Å². The molecule has 4 aliphatic rings. The van der Waals surface area contributed by atoms with Gasteiger partial charge < -0.3 is 14.2 Å². The van der Waals surface area contributed by atoms with Crippen LogP contribution in [-0.2, 0) is 28.6 Å². The summed E-state index contributed by atoms with van der Waals surface area (Å²) < 4.78 is 16.5. The van der Waals surface area contributed by atoms with E-state index < -0.39 is 0 Å². The summed E-state index contributed by atoms with van der Waals surface area (Å²) in [7, 11) is 1.39. The van der Waals surface area contributed by atoms with E-state index in [4.69, 9.17) is 14.2 Å². The molecule has 0 spiro atoms. The van der Waals surface area contributed by atoms with E-state index in [0.717, 1.165) is 44.9 Å². The average Bonchev–Trinajstić information content (AvgIpc) is 3.16. The van der Waals surface area contributed by atoms with E-state index in [1.165, 1.54) is 32.6 Å². The second kappa shape index (κ2) is 9.74. The van der Waals surface area contributed by atoms with E-state index in [2.05, 4.69) is 26.8 Å². The number of carbonyl (C=O) groups excluding carboxylic acids is 3. The highest BCUT2D eigenvalue weighted by molar-refractivity contribution is 5.81. The summed E-state index contributed by atoms with van der Waals surface area (Å²) in [5.41, 5.74) is 1.20. The molecule has 3 fully saturated rings. The first-order chi connectivity index (χ1) is 16.5. The Hall–Kier alpha value is -2.11. The molecule has 6 nitrogen and oxygen atoms in total. The van der Waals surface area contributed by atoms with E-state index in [0.29, 0.717) is 23.7 Å². The van der Waals surface area contributed by atoms with Gasteiger partial charge in [0.1, 0.15) is 12.2 Å². The molecule has 4 rings (SSSR count). The van der Waals surface area contributed by atoms with Crippen molar-refractivity contribution in [3.63, 3.8) is 0 Å². The maximum atomic E-state index is 12.3. The molecule has 0 unspecified atom stereocenters. The molecule has 0 N–H and O–H groups in total. The minimum Gasteiger partial charge on any atom is -0.466 e. The van der Waals surface area contributed by atoms with Crippen LogP contribution in [0.5, 0.6) is 0 Å². The van der Waals surface area contributed by atoms with Crippen LogP contribution in [0.3, 0.4) is 0 Å². The number of carbonyl (C=O) groups is 3. The van der Waals surface area contributed by atoms with Gasteiger partial charge >= 0.3 is 17.9 Å². The van der Waals surface area contributed by atoms with Gasteiger partial charge in [0, 0.05) is 25.3 Å². The minimum atomic E-state index is -0.354. The van der Waals surface area contributed by atoms with Crippen molar-refractivity contribution in [1.29, 1.82) is 0 Å². The molecule has 194 valence electrons. The van der Waals surface area contributed by atoms with Gasteiger partial charge in [-0.2, -0.15) is 0 Å². The molecular weight excluding hydrogens is 444 g/mol. The number of methoxy groups -OCH3 is 1. The van der Waals surface area contributed by atoms with Crippen LogP contribution in [0.1, 0.15) is 79.6 Å².